The fraction of sp³-hybridized carbons (Fsp3) is 0.667. The highest BCUT2D eigenvalue weighted by Gasteiger charge is 2.09. The standard InChI is InChI=1S/C12H22N4O/c1-4-6-13-11-9(3)12(14-7-8-17)16-10(5-2)15-11/h17H,4-8H2,1-3H3,(H2,13,14,15,16). The number of anilines is 2. The Morgan fingerprint density at radius 3 is 2.12 bits per heavy atom. The van der Waals surface area contributed by atoms with E-state index in [4.69, 9.17) is 5.11 Å². The molecule has 0 radical (unpaired) electrons. The number of nitrogens with one attached hydrogen (secondary N) is 2. The second-order valence-electron chi connectivity index (χ2n) is 3.89. The first-order valence-corrected chi connectivity index (χ1v) is 6.19. The van der Waals surface area contributed by atoms with E-state index >= 15 is 0 Å². The Morgan fingerprint density at radius 2 is 1.65 bits per heavy atom. The van der Waals surface area contributed by atoms with Gasteiger partial charge in [-0.15, -0.1) is 0 Å². The summed E-state index contributed by atoms with van der Waals surface area (Å²) in [6.07, 6.45) is 1.86. The first-order chi connectivity index (χ1) is 8.22. The quantitative estimate of drug-likeness (QED) is 0.672. The average molecular weight is 238 g/mol. The summed E-state index contributed by atoms with van der Waals surface area (Å²) in [5, 5.41) is 15.2. The van der Waals surface area contributed by atoms with Gasteiger partial charge >= 0.3 is 0 Å². The number of nitrogens with zero attached hydrogens (tertiary/aromatic N) is 2. The molecule has 0 unspecified atom stereocenters. The van der Waals surface area contributed by atoms with E-state index in [1.54, 1.807) is 0 Å². The maximum Gasteiger partial charge on any atom is 0.134 e. The molecular formula is C12H22N4O. The van der Waals surface area contributed by atoms with Crippen molar-refractivity contribution in [3.05, 3.63) is 11.4 Å². The van der Waals surface area contributed by atoms with Crippen molar-refractivity contribution in [1.82, 2.24) is 9.97 Å². The Hall–Kier alpha value is -1.36. The summed E-state index contributed by atoms with van der Waals surface area (Å²) in [5.41, 5.74) is 1.00. The molecule has 0 fully saturated rings. The zero-order valence-electron chi connectivity index (χ0n) is 10.9. The van der Waals surface area contributed by atoms with Gasteiger partial charge in [-0.25, -0.2) is 9.97 Å². The van der Waals surface area contributed by atoms with E-state index in [-0.39, 0.29) is 6.61 Å². The van der Waals surface area contributed by atoms with Crippen molar-refractivity contribution in [1.29, 1.82) is 0 Å². The highest BCUT2D eigenvalue weighted by molar-refractivity contribution is 5.57. The van der Waals surface area contributed by atoms with E-state index in [0.717, 1.165) is 42.4 Å². The Labute approximate surface area is 103 Å². The topological polar surface area (TPSA) is 70.1 Å². The van der Waals surface area contributed by atoms with Crippen LogP contribution >= 0.6 is 0 Å². The number of aliphatic hydroxyl groups excluding tert-OH is 1. The van der Waals surface area contributed by atoms with E-state index in [2.05, 4.69) is 27.5 Å². The predicted octanol–water partition coefficient (Wildman–Crippen LogP) is 1.57. The number of aromatic nitrogens is 2. The highest BCUT2D eigenvalue weighted by atomic mass is 16.3. The van der Waals surface area contributed by atoms with E-state index in [9.17, 15) is 0 Å². The molecule has 0 saturated heterocycles. The number of hydrogen-bond acceptors (Lipinski definition) is 5. The fourth-order valence-corrected chi connectivity index (χ4v) is 1.48. The van der Waals surface area contributed by atoms with Crippen molar-refractivity contribution in [2.45, 2.75) is 33.6 Å². The van der Waals surface area contributed by atoms with Gasteiger partial charge in [0.05, 0.1) is 6.61 Å². The molecule has 5 heteroatoms. The molecule has 1 rings (SSSR count). The molecule has 0 amide bonds. The second kappa shape index (κ2) is 7.06. The lowest BCUT2D eigenvalue weighted by Gasteiger charge is -2.14. The minimum Gasteiger partial charge on any atom is -0.395 e. The van der Waals surface area contributed by atoms with Gasteiger partial charge in [0.15, 0.2) is 0 Å². The van der Waals surface area contributed by atoms with Crippen LogP contribution in [0.2, 0.25) is 0 Å². The molecule has 0 aliphatic carbocycles. The average Bonchev–Trinajstić information content (AvgIpc) is 2.36. The summed E-state index contributed by atoms with van der Waals surface area (Å²) in [4.78, 5) is 8.90. The van der Waals surface area contributed by atoms with Crippen LogP contribution in [0.4, 0.5) is 11.6 Å². The molecule has 0 aliphatic heterocycles. The summed E-state index contributed by atoms with van der Waals surface area (Å²) >= 11 is 0. The number of aliphatic hydroxyl groups is 1. The summed E-state index contributed by atoms with van der Waals surface area (Å²) in [6, 6.07) is 0. The van der Waals surface area contributed by atoms with E-state index in [0.29, 0.717) is 6.54 Å². The monoisotopic (exact) mass is 238 g/mol. The van der Waals surface area contributed by atoms with Crippen LogP contribution in [-0.4, -0.2) is 34.8 Å². The van der Waals surface area contributed by atoms with Crippen LogP contribution in [0, 0.1) is 6.92 Å². The fourth-order valence-electron chi connectivity index (χ4n) is 1.48. The summed E-state index contributed by atoms with van der Waals surface area (Å²) in [5.74, 6) is 2.51. The van der Waals surface area contributed by atoms with Crippen molar-refractivity contribution in [2.75, 3.05) is 30.3 Å². The van der Waals surface area contributed by atoms with Gasteiger partial charge < -0.3 is 15.7 Å². The lowest BCUT2D eigenvalue weighted by atomic mass is 10.2. The summed E-state index contributed by atoms with van der Waals surface area (Å²) < 4.78 is 0. The summed E-state index contributed by atoms with van der Waals surface area (Å²) in [7, 11) is 0. The van der Waals surface area contributed by atoms with E-state index in [1.807, 2.05) is 13.8 Å². The van der Waals surface area contributed by atoms with Crippen LogP contribution < -0.4 is 10.6 Å². The first-order valence-electron chi connectivity index (χ1n) is 6.19. The number of rotatable bonds is 7. The molecule has 1 aromatic rings. The van der Waals surface area contributed by atoms with Crippen LogP contribution in [0.5, 0.6) is 0 Å². The lowest BCUT2D eigenvalue weighted by molar-refractivity contribution is 0.311. The molecule has 0 saturated carbocycles. The van der Waals surface area contributed by atoms with Crippen LogP contribution in [0.1, 0.15) is 31.7 Å². The third kappa shape index (κ3) is 3.85. The Balaban J connectivity index is 2.94. The van der Waals surface area contributed by atoms with Crippen molar-refractivity contribution < 1.29 is 5.11 Å². The molecule has 17 heavy (non-hydrogen) atoms. The van der Waals surface area contributed by atoms with Gasteiger partial charge in [-0.2, -0.15) is 0 Å². The van der Waals surface area contributed by atoms with Gasteiger partial charge in [-0.05, 0) is 13.3 Å². The van der Waals surface area contributed by atoms with Gasteiger partial charge in [-0.1, -0.05) is 13.8 Å². The van der Waals surface area contributed by atoms with Gasteiger partial charge in [-0.3, -0.25) is 0 Å². The zero-order valence-corrected chi connectivity index (χ0v) is 10.9. The normalized spacial score (nSPS) is 10.4. The maximum absolute atomic E-state index is 8.83. The van der Waals surface area contributed by atoms with Gasteiger partial charge in [0.1, 0.15) is 17.5 Å². The van der Waals surface area contributed by atoms with E-state index < -0.39 is 0 Å². The SMILES string of the molecule is CCCNc1nc(CC)nc(NCCO)c1C. The minimum atomic E-state index is 0.0998. The van der Waals surface area contributed by atoms with Crippen LogP contribution in [0.3, 0.4) is 0 Å². The van der Waals surface area contributed by atoms with E-state index in [1.165, 1.54) is 0 Å². The van der Waals surface area contributed by atoms with Gasteiger partial charge in [0, 0.05) is 25.1 Å². The van der Waals surface area contributed by atoms with Crippen molar-refractivity contribution >= 4 is 11.6 Å². The Kier molecular flexibility index (Phi) is 5.69. The minimum absolute atomic E-state index is 0.0998. The van der Waals surface area contributed by atoms with Crippen LogP contribution in [0.15, 0.2) is 0 Å². The molecule has 0 bridgehead atoms. The first kappa shape index (κ1) is 13.7. The molecule has 3 N–H and O–H groups in total. The molecule has 1 heterocycles. The smallest absolute Gasteiger partial charge is 0.134 e. The van der Waals surface area contributed by atoms with Crippen LogP contribution in [-0.2, 0) is 6.42 Å². The predicted molar refractivity (Wildman–Crippen MR) is 70.5 cm³/mol. The van der Waals surface area contributed by atoms with Crippen molar-refractivity contribution in [3.63, 3.8) is 0 Å². The third-order valence-electron chi connectivity index (χ3n) is 2.46. The lowest BCUT2D eigenvalue weighted by Crippen LogP contribution is -2.13. The highest BCUT2D eigenvalue weighted by Crippen LogP contribution is 2.19. The third-order valence-corrected chi connectivity index (χ3v) is 2.46. The van der Waals surface area contributed by atoms with Crippen LogP contribution in [0.25, 0.3) is 0 Å². The van der Waals surface area contributed by atoms with Crippen molar-refractivity contribution in [3.8, 4) is 0 Å². The Bertz CT molecular complexity index is 325. The molecule has 0 atom stereocenters. The zero-order chi connectivity index (χ0) is 12.7. The van der Waals surface area contributed by atoms with Gasteiger partial charge in [0.25, 0.3) is 0 Å². The largest absolute Gasteiger partial charge is 0.395 e. The number of aryl methyl sites for hydroxylation is 1. The number of hydrogen-bond donors (Lipinski definition) is 3. The molecule has 5 nitrogen and oxygen atoms in total. The van der Waals surface area contributed by atoms with Crippen molar-refractivity contribution in [2.24, 2.45) is 0 Å². The molecule has 96 valence electrons. The van der Waals surface area contributed by atoms with Gasteiger partial charge in [0.2, 0.25) is 0 Å². The second-order valence-corrected chi connectivity index (χ2v) is 3.89. The maximum atomic E-state index is 8.83. The molecule has 0 aliphatic rings. The Morgan fingerprint density at radius 1 is 1.06 bits per heavy atom. The molecule has 0 aromatic carbocycles. The molecule has 1 aromatic heterocycles. The summed E-state index contributed by atoms with van der Waals surface area (Å²) in [6.45, 7) is 7.65. The molecular weight excluding hydrogens is 216 g/mol. The molecule has 0 spiro atoms.